The van der Waals surface area contributed by atoms with Gasteiger partial charge < -0.3 is 28.8 Å². The van der Waals surface area contributed by atoms with Crippen LogP contribution in [0.15, 0.2) is 97.1 Å². The van der Waals surface area contributed by atoms with Gasteiger partial charge in [-0.05, 0) is 102 Å². The largest absolute Gasteiger partial charge is 0.493 e. The average molecular weight is 732 g/mol. The van der Waals surface area contributed by atoms with Crippen LogP contribution in [0, 0.1) is 0 Å². The van der Waals surface area contributed by atoms with E-state index in [0.29, 0.717) is 26.2 Å². The van der Waals surface area contributed by atoms with E-state index in [2.05, 4.69) is 0 Å². The minimum absolute atomic E-state index is 0.0896. The number of fused-ring (bicyclic) bond motifs is 5. The van der Waals surface area contributed by atoms with Crippen molar-refractivity contribution in [2.45, 2.75) is 17.9 Å². The molecule has 2 aliphatic rings. The van der Waals surface area contributed by atoms with E-state index in [1.165, 1.54) is 49.6 Å². The van der Waals surface area contributed by atoms with Crippen molar-refractivity contribution in [3.63, 3.8) is 0 Å². The molecule has 0 saturated carbocycles. The van der Waals surface area contributed by atoms with Gasteiger partial charge in [-0.25, -0.2) is 14.4 Å². The fourth-order valence-electron chi connectivity index (χ4n) is 6.13. The van der Waals surface area contributed by atoms with Gasteiger partial charge in [0.15, 0.2) is 23.0 Å². The highest BCUT2D eigenvalue weighted by Gasteiger charge is 2.51. The summed E-state index contributed by atoms with van der Waals surface area (Å²) in [6.45, 7) is -0.207. The second-order valence-corrected chi connectivity index (χ2v) is 13.0. The first-order valence-electron chi connectivity index (χ1n) is 15.2. The topological polar surface area (TPSA) is 118 Å². The van der Waals surface area contributed by atoms with Gasteiger partial charge in [0, 0.05) is 33.0 Å². The molecular weight excluding hydrogens is 707 g/mol. The molecule has 50 heavy (non-hydrogen) atoms. The number of hydrogen-bond acceptors (Lipinski definition) is 9. The fourth-order valence-corrected chi connectivity index (χ4v) is 6.51. The molecule has 252 valence electrons. The summed E-state index contributed by atoms with van der Waals surface area (Å²) < 4.78 is 29.1. The molecule has 0 radical (unpaired) electrons. The SMILES string of the molecule is COc1cc2c(cc1OC(=O)c1ccc(Cl)cc1)[C@@H]1c3ccc(OC(=O)c4ccc(Cl)cc4)c(OC(=O)c4ccc(Cl)cc4)c3OC[C@]1(O)C2. The van der Waals surface area contributed by atoms with Gasteiger partial charge in [-0.3, -0.25) is 0 Å². The van der Waals surface area contributed by atoms with Gasteiger partial charge in [0.1, 0.15) is 12.2 Å². The van der Waals surface area contributed by atoms with E-state index in [9.17, 15) is 19.5 Å². The Labute approximate surface area is 300 Å². The molecule has 1 aliphatic heterocycles. The smallest absolute Gasteiger partial charge is 0.343 e. The Balaban J connectivity index is 1.30. The van der Waals surface area contributed by atoms with E-state index in [4.69, 9.17) is 58.5 Å². The summed E-state index contributed by atoms with van der Waals surface area (Å²) in [6.07, 6.45) is 0.182. The van der Waals surface area contributed by atoms with Crippen molar-refractivity contribution < 1.29 is 43.2 Å². The van der Waals surface area contributed by atoms with E-state index in [-0.39, 0.29) is 58.5 Å². The molecule has 0 fully saturated rings. The third kappa shape index (κ3) is 6.36. The van der Waals surface area contributed by atoms with Crippen LogP contribution in [0.3, 0.4) is 0 Å². The molecule has 2 atom stereocenters. The number of carbonyl (C=O) groups excluding carboxylic acids is 3. The van der Waals surface area contributed by atoms with Crippen LogP contribution in [-0.4, -0.2) is 42.3 Å². The Morgan fingerprint density at radius 2 is 1.16 bits per heavy atom. The summed E-state index contributed by atoms with van der Waals surface area (Å²) in [4.78, 5) is 39.7. The van der Waals surface area contributed by atoms with Crippen LogP contribution in [0.4, 0.5) is 0 Å². The summed E-state index contributed by atoms with van der Waals surface area (Å²) in [5.74, 6) is -2.61. The second-order valence-electron chi connectivity index (χ2n) is 11.7. The van der Waals surface area contributed by atoms with Crippen molar-refractivity contribution in [2.24, 2.45) is 0 Å². The van der Waals surface area contributed by atoms with Gasteiger partial charge in [0.05, 0.1) is 23.8 Å². The van der Waals surface area contributed by atoms with Crippen LogP contribution >= 0.6 is 34.8 Å². The van der Waals surface area contributed by atoms with Crippen LogP contribution in [0.1, 0.15) is 53.7 Å². The molecule has 0 unspecified atom stereocenters. The average Bonchev–Trinajstić information content (AvgIpc) is 3.40. The van der Waals surface area contributed by atoms with Gasteiger partial charge in [-0.2, -0.15) is 0 Å². The van der Waals surface area contributed by atoms with Gasteiger partial charge in [0.25, 0.3) is 0 Å². The number of esters is 3. The van der Waals surface area contributed by atoms with Crippen molar-refractivity contribution in [3.05, 3.63) is 146 Å². The zero-order chi connectivity index (χ0) is 35.2. The minimum Gasteiger partial charge on any atom is -0.493 e. The van der Waals surface area contributed by atoms with Crippen LogP contribution in [-0.2, 0) is 6.42 Å². The van der Waals surface area contributed by atoms with Crippen molar-refractivity contribution >= 4 is 52.7 Å². The van der Waals surface area contributed by atoms with E-state index >= 15 is 0 Å². The molecule has 1 aliphatic carbocycles. The molecule has 1 N–H and O–H groups in total. The Kier molecular flexibility index (Phi) is 8.92. The normalized spacial score (nSPS) is 17.0. The number of rotatable bonds is 7. The number of benzene rings is 5. The van der Waals surface area contributed by atoms with Crippen molar-refractivity contribution in [1.82, 2.24) is 0 Å². The molecule has 7 rings (SSSR count). The number of halogens is 3. The third-order valence-electron chi connectivity index (χ3n) is 8.49. The molecule has 9 nitrogen and oxygen atoms in total. The van der Waals surface area contributed by atoms with Crippen LogP contribution in [0.2, 0.25) is 15.1 Å². The van der Waals surface area contributed by atoms with Crippen LogP contribution in [0.25, 0.3) is 0 Å². The zero-order valence-corrected chi connectivity index (χ0v) is 28.3. The van der Waals surface area contributed by atoms with Crippen molar-refractivity contribution in [2.75, 3.05) is 13.7 Å². The van der Waals surface area contributed by atoms with Crippen LogP contribution < -0.4 is 23.7 Å². The van der Waals surface area contributed by atoms with Crippen LogP contribution in [0.5, 0.6) is 28.7 Å². The summed E-state index contributed by atoms with van der Waals surface area (Å²) in [5.41, 5.74) is 1.04. The molecule has 0 aromatic heterocycles. The van der Waals surface area contributed by atoms with E-state index in [0.717, 1.165) is 5.56 Å². The molecule has 12 heteroatoms. The molecule has 1 heterocycles. The van der Waals surface area contributed by atoms with Gasteiger partial charge in [-0.1, -0.05) is 40.9 Å². The number of ether oxygens (including phenoxy) is 5. The molecule has 5 aromatic rings. The van der Waals surface area contributed by atoms with Crippen molar-refractivity contribution in [1.29, 1.82) is 0 Å². The van der Waals surface area contributed by atoms with Gasteiger partial charge in [-0.15, -0.1) is 0 Å². The first-order chi connectivity index (χ1) is 24.0. The lowest BCUT2D eigenvalue weighted by Crippen LogP contribution is -2.44. The number of hydrogen-bond donors (Lipinski definition) is 1. The summed E-state index contributed by atoms with van der Waals surface area (Å²) in [7, 11) is 1.45. The molecule has 0 amide bonds. The number of aliphatic hydroxyl groups is 1. The zero-order valence-electron chi connectivity index (χ0n) is 26.1. The lowest BCUT2D eigenvalue weighted by molar-refractivity contribution is -0.0228. The number of carbonyl (C=O) groups is 3. The maximum absolute atomic E-state index is 13.4. The second kappa shape index (κ2) is 13.3. The van der Waals surface area contributed by atoms with E-state index < -0.39 is 29.4 Å². The highest BCUT2D eigenvalue weighted by atomic mass is 35.5. The Bertz CT molecular complexity index is 2150. The molecule has 0 bridgehead atoms. The predicted molar refractivity (Wildman–Crippen MR) is 185 cm³/mol. The molecular formula is C38H25Cl3O9. The number of methoxy groups -OCH3 is 1. The highest BCUT2D eigenvalue weighted by molar-refractivity contribution is 6.31. The predicted octanol–water partition coefficient (Wildman–Crippen LogP) is 8.12. The molecule has 0 spiro atoms. The fraction of sp³-hybridized carbons (Fsp3) is 0.132. The molecule has 0 saturated heterocycles. The van der Waals surface area contributed by atoms with E-state index in [1.54, 1.807) is 54.6 Å². The lowest BCUT2D eigenvalue weighted by atomic mass is 9.80. The molecule has 5 aromatic carbocycles. The monoisotopic (exact) mass is 730 g/mol. The van der Waals surface area contributed by atoms with Gasteiger partial charge >= 0.3 is 17.9 Å². The maximum atomic E-state index is 13.4. The Morgan fingerprint density at radius 3 is 1.68 bits per heavy atom. The first-order valence-corrected chi connectivity index (χ1v) is 16.3. The standard InChI is InChI=1S/C38H25Cl3O9/c1-46-30-16-23-18-38(45)19-47-33-27(32(38)28(23)17-31(30)49-36(43)21-4-10-25(40)11-5-21)14-15-29(48-35(42)20-2-8-24(39)9-3-20)34(33)50-37(44)22-6-12-26(41)13-7-22/h2-17,32,45H,18-19H2,1H3/t32-,38+/m0/s1. The van der Waals surface area contributed by atoms with Gasteiger partial charge in [0.2, 0.25) is 5.75 Å². The summed E-state index contributed by atoms with van der Waals surface area (Å²) >= 11 is 18.0. The maximum Gasteiger partial charge on any atom is 0.343 e. The third-order valence-corrected chi connectivity index (χ3v) is 9.25. The Morgan fingerprint density at radius 1 is 0.660 bits per heavy atom. The summed E-state index contributed by atoms with van der Waals surface area (Å²) in [5, 5.41) is 13.3. The van der Waals surface area contributed by atoms with E-state index in [1.807, 2.05) is 0 Å². The highest BCUT2D eigenvalue weighted by Crippen LogP contribution is 2.56. The summed E-state index contributed by atoms with van der Waals surface area (Å²) in [6, 6.07) is 24.9. The Hall–Kier alpha value is -5.06. The van der Waals surface area contributed by atoms with Crippen molar-refractivity contribution in [3.8, 4) is 28.7 Å². The quantitative estimate of drug-likeness (QED) is 0.131. The minimum atomic E-state index is -1.43. The first kappa shape index (κ1) is 33.4. The lowest BCUT2D eigenvalue weighted by Gasteiger charge is -2.37.